The molecule has 0 saturated heterocycles. The fraction of sp³-hybridized carbons (Fsp3) is 0.188. The van der Waals surface area contributed by atoms with Crippen LogP contribution < -0.4 is 19.6 Å². The molecule has 126 valence electrons. The molecule has 0 fully saturated rings. The van der Waals surface area contributed by atoms with Gasteiger partial charge in [-0.3, -0.25) is 15.5 Å². The predicted molar refractivity (Wildman–Crippen MR) is 90.4 cm³/mol. The molecule has 8 nitrogen and oxygen atoms in total. The molecule has 0 heterocycles. The van der Waals surface area contributed by atoms with Gasteiger partial charge in [-0.15, -0.1) is 0 Å². The lowest BCUT2D eigenvalue weighted by Crippen LogP contribution is -1.98. The second-order valence-corrected chi connectivity index (χ2v) is 4.63. The Bertz CT molecular complexity index is 761. The van der Waals surface area contributed by atoms with Gasteiger partial charge in [-0.25, -0.2) is 0 Å². The van der Waals surface area contributed by atoms with E-state index in [1.807, 2.05) is 0 Å². The van der Waals surface area contributed by atoms with E-state index in [-0.39, 0.29) is 5.69 Å². The topological polar surface area (TPSA) is 95.2 Å². The first kappa shape index (κ1) is 17.1. The number of anilines is 1. The van der Waals surface area contributed by atoms with Gasteiger partial charge in [-0.05, 0) is 12.1 Å². The second-order valence-electron chi connectivity index (χ2n) is 4.63. The fourth-order valence-electron chi connectivity index (χ4n) is 2.02. The molecule has 0 aliphatic carbocycles. The Balaban J connectivity index is 2.22. The molecule has 0 bridgehead atoms. The third-order valence-electron chi connectivity index (χ3n) is 3.19. The van der Waals surface area contributed by atoms with Gasteiger partial charge in [-0.2, -0.15) is 5.10 Å². The zero-order valence-corrected chi connectivity index (χ0v) is 13.5. The summed E-state index contributed by atoms with van der Waals surface area (Å²) in [6.07, 6.45) is 1.53. The van der Waals surface area contributed by atoms with Crippen molar-refractivity contribution in [3.63, 3.8) is 0 Å². The van der Waals surface area contributed by atoms with Gasteiger partial charge in [-0.1, -0.05) is 6.07 Å². The Morgan fingerprint density at radius 3 is 2.33 bits per heavy atom. The van der Waals surface area contributed by atoms with E-state index in [9.17, 15) is 10.1 Å². The maximum Gasteiger partial charge on any atom is 0.271 e. The van der Waals surface area contributed by atoms with Crippen LogP contribution in [-0.4, -0.2) is 32.5 Å². The second kappa shape index (κ2) is 7.82. The molecular formula is C16H17N3O5. The van der Waals surface area contributed by atoms with E-state index in [1.165, 1.54) is 39.7 Å². The van der Waals surface area contributed by atoms with Crippen molar-refractivity contribution in [2.24, 2.45) is 5.10 Å². The molecule has 2 aromatic carbocycles. The molecule has 0 saturated carbocycles. The lowest BCUT2D eigenvalue weighted by Gasteiger charge is -2.11. The molecule has 0 unspecified atom stereocenters. The van der Waals surface area contributed by atoms with E-state index in [1.54, 1.807) is 24.3 Å². The third-order valence-corrected chi connectivity index (χ3v) is 3.19. The molecule has 0 aliphatic rings. The van der Waals surface area contributed by atoms with Crippen LogP contribution in [0.4, 0.5) is 11.4 Å². The highest BCUT2D eigenvalue weighted by molar-refractivity contribution is 5.85. The summed E-state index contributed by atoms with van der Waals surface area (Å²) in [5.74, 6) is 1.63. The highest BCUT2D eigenvalue weighted by Crippen LogP contribution is 2.33. The van der Waals surface area contributed by atoms with Crippen LogP contribution in [0.3, 0.4) is 0 Å². The van der Waals surface area contributed by atoms with Crippen molar-refractivity contribution in [1.29, 1.82) is 0 Å². The van der Waals surface area contributed by atoms with E-state index in [4.69, 9.17) is 14.2 Å². The van der Waals surface area contributed by atoms with Crippen molar-refractivity contribution >= 4 is 17.6 Å². The number of rotatable bonds is 7. The van der Waals surface area contributed by atoms with Crippen LogP contribution in [0.15, 0.2) is 41.5 Å². The lowest BCUT2D eigenvalue weighted by molar-refractivity contribution is -0.384. The van der Waals surface area contributed by atoms with Gasteiger partial charge in [0.05, 0.1) is 38.2 Å². The number of benzene rings is 2. The Labute approximate surface area is 138 Å². The van der Waals surface area contributed by atoms with Gasteiger partial charge >= 0.3 is 0 Å². The summed E-state index contributed by atoms with van der Waals surface area (Å²) in [5.41, 5.74) is 3.89. The number of non-ortho nitro benzene ring substituents is 1. The Hall–Kier alpha value is -3.29. The highest BCUT2D eigenvalue weighted by atomic mass is 16.6. The van der Waals surface area contributed by atoms with Gasteiger partial charge < -0.3 is 14.2 Å². The van der Waals surface area contributed by atoms with Gasteiger partial charge in [0.25, 0.3) is 5.69 Å². The Morgan fingerprint density at radius 2 is 1.71 bits per heavy atom. The van der Waals surface area contributed by atoms with Gasteiger partial charge in [0, 0.05) is 23.8 Å². The van der Waals surface area contributed by atoms with Crippen molar-refractivity contribution in [2.45, 2.75) is 0 Å². The van der Waals surface area contributed by atoms with Gasteiger partial charge in [0.1, 0.15) is 5.75 Å². The molecule has 0 radical (unpaired) electrons. The molecular weight excluding hydrogens is 314 g/mol. The average molecular weight is 331 g/mol. The number of methoxy groups -OCH3 is 3. The lowest BCUT2D eigenvalue weighted by atomic mass is 10.2. The Morgan fingerprint density at radius 1 is 1.04 bits per heavy atom. The van der Waals surface area contributed by atoms with E-state index < -0.39 is 4.92 Å². The minimum Gasteiger partial charge on any atom is -0.496 e. The van der Waals surface area contributed by atoms with Crippen LogP contribution in [0.5, 0.6) is 17.2 Å². The largest absolute Gasteiger partial charge is 0.496 e. The molecule has 1 N–H and O–H groups in total. The van der Waals surface area contributed by atoms with E-state index >= 15 is 0 Å². The summed E-state index contributed by atoms with van der Waals surface area (Å²) in [6, 6.07) is 9.46. The zero-order chi connectivity index (χ0) is 17.5. The number of hydrogen-bond donors (Lipinski definition) is 1. The van der Waals surface area contributed by atoms with Crippen LogP contribution in [-0.2, 0) is 0 Å². The fourth-order valence-corrected chi connectivity index (χ4v) is 2.02. The number of ether oxygens (including phenoxy) is 3. The van der Waals surface area contributed by atoms with Crippen molar-refractivity contribution in [1.82, 2.24) is 0 Å². The molecule has 0 amide bonds. The minimum atomic E-state index is -0.466. The van der Waals surface area contributed by atoms with Gasteiger partial charge in [0.2, 0.25) is 0 Å². The van der Waals surface area contributed by atoms with Crippen molar-refractivity contribution in [3.05, 3.63) is 52.1 Å². The summed E-state index contributed by atoms with van der Waals surface area (Å²) in [7, 11) is 4.61. The van der Waals surface area contributed by atoms with Crippen LogP contribution in [0.1, 0.15) is 5.56 Å². The van der Waals surface area contributed by atoms with Crippen LogP contribution in [0, 0.1) is 10.1 Å². The van der Waals surface area contributed by atoms with Crippen LogP contribution in [0.25, 0.3) is 0 Å². The van der Waals surface area contributed by atoms with Crippen molar-refractivity contribution < 1.29 is 19.1 Å². The molecule has 0 aromatic heterocycles. The number of nitro benzene ring substituents is 1. The smallest absolute Gasteiger partial charge is 0.271 e. The molecule has 24 heavy (non-hydrogen) atoms. The van der Waals surface area contributed by atoms with Crippen molar-refractivity contribution in [3.8, 4) is 17.2 Å². The zero-order valence-electron chi connectivity index (χ0n) is 13.5. The first-order chi connectivity index (χ1) is 11.6. The monoisotopic (exact) mass is 331 g/mol. The van der Waals surface area contributed by atoms with Gasteiger partial charge in [0.15, 0.2) is 11.5 Å². The molecule has 0 atom stereocenters. The first-order valence-corrected chi connectivity index (χ1v) is 6.92. The normalized spacial score (nSPS) is 10.5. The number of nitro groups is 1. The molecule has 0 aliphatic heterocycles. The summed E-state index contributed by atoms with van der Waals surface area (Å²) < 4.78 is 15.8. The Kier molecular flexibility index (Phi) is 5.56. The molecule has 2 rings (SSSR count). The summed E-state index contributed by atoms with van der Waals surface area (Å²) >= 11 is 0. The summed E-state index contributed by atoms with van der Waals surface area (Å²) in [6.45, 7) is 0. The summed E-state index contributed by atoms with van der Waals surface area (Å²) in [5, 5.41) is 14.8. The SMILES string of the molecule is COc1cc(OC)c(OC)cc1/C=N\Nc1cccc([N+](=O)[O-])c1. The molecule has 0 spiro atoms. The van der Waals surface area contributed by atoms with E-state index in [2.05, 4.69) is 10.5 Å². The maximum atomic E-state index is 10.8. The summed E-state index contributed by atoms with van der Waals surface area (Å²) in [4.78, 5) is 10.3. The first-order valence-electron chi connectivity index (χ1n) is 6.92. The minimum absolute atomic E-state index is 0.0149. The maximum absolute atomic E-state index is 10.8. The quantitative estimate of drug-likeness (QED) is 0.476. The van der Waals surface area contributed by atoms with E-state index in [0.717, 1.165) is 0 Å². The third kappa shape index (κ3) is 3.92. The number of hydrogen-bond acceptors (Lipinski definition) is 7. The number of nitrogens with one attached hydrogen (secondary N) is 1. The van der Waals surface area contributed by atoms with Crippen LogP contribution in [0.2, 0.25) is 0 Å². The molecule has 8 heteroatoms. The van der Waals surface area contributed by atoms with Crippen molar-refractivity contribution in [2.75, 3.05) is 26.8 Å². The van der Waals surface area contributed by atoms with E-state index in [0.29, 0.717) is 28.5 Å². The average Bonchev–Trinajstić information content (AvgIpc) is 2.61. The molecule has 2 aromatic rings. The predicted octanol–water partition coefficient (Wildman–Crippen LogP) is 3.07. The standard InChI is InChI=1S/C16H17N3O5/c1-22-14-9-16(24-3)15(23-2)7-11(14)10-17-18-12-5-4-6-13(8-12)19(20)21/h4-10,18H,1-3H3/b17-10-. The number of hydrazone groups is 1. The number of nitrogens with zero attached hydrogens (tertiary/aromatic N) is 2. The highest BCUT2D eigenvalue weighted by Gasteiger charge is 2.10. The van der Waals surface area contributed by atoms with Crippen LogP contribution >= 0.6 is 0 Å².